The molecule has 0 saturated heterocycles. The third-order valence-corrected chi connectivity index (χ3v) is 2.43. The van der Waals surface area contributed by atoms with E-state index in [0.717, 1.165) is 11.3 Å². The summed E-state index contributed by atoms with van der Waals surface area (Å²) in [6.07, 6.45) is 0.460. The molecule has 0 amide bonds. The lowest BCUT2D eigenvalue weighted by atomic mass is 10.1. The van der Waals surface area contributed by atoms with Crippen molar-refractivity contribution in [3.8, 4) is 5.75 Å². The van der Waals surface area contributed by atoms with E-state index in [1.165, 1.54) is 0 Å². The minimum absolute atomic E-state index is 0.226. The highest BCUT2D eigenvalue weighted by Crippen LogP contribution is 2.19. The minimum atomic E-state index is -0.840. The van der Waals surface area contributed by atoms with Crippen LogP contribution < -0.4 is 10.1 Å². The monoisotopic (exact) mass is 251 g/mol. The quantitative estimate of drug-likeness (QED) is 0.841. The molecule has 1 aromatic rings. The molecule has 0 aliphatic rings. The average Bonchev–Trinajstić information content (AvgIpc) is 2.25. The van der Waals surface area contributed by atoms with Crippen LogP contribution in [0.5, 0.6) is 5.75 Å². The topological polar surface area (TPSA) is 58.6 Å². The molecule has 100 valence electrons. The molecule has 0 aliphatic carbocycles. The van der Waals surface area contributed by atoms with Crippen molar-refractivity contribution < 1.29 is 14.6 Å². The van der Waals surface area contributed by atoms with Crippen LogP contribution in [-0.2, 0) is 11.2 Å². The van der Waals surface area contributed by atoms with Crippen LogP contribution in [0.4, 0.5) is 0 Å². The summed E-state index contributed by atoms with van der Waals surface area (Å²) in [5, 5.41) is 11.7. The van der Waals surface area contributed by atoms with Gasteiger partial charge in [0.15, 0.2) is 0 Å². The van der Waals surface area contributed by atoms with Gasteiger partial charge in [-0.15, -0.1) is 0 Å². The molecule has 1 rings (SSSR count). The van der Waals surface area contributed by atoms with Gasteiger partial charge in [0.2, 0.25) is 0 Å². The first-order chi connectivity index (χ1) is 8.31. The zero-order valence-corrected chi connectivity index (χ0v) is 11.4. The van der Waals surface area contributed by atoms with Gasteiger partial charge in [-0.3, -0.25) is 4.79 Å². The van der Waals surface area contributed by atoms with Gasteiger partial charge < -0.3 is 15.2 Å². The van der Waals surface area contributed by atoms with Crippen molar-refractivity contribution in [3.63, 3.8) is 0 Å². The number of ether oxygens (including phenoxy) is 1. The van der Waals surface area contributed by atoms with E-state index in [2.05, 4.69) is 5.32 Å². The lowest BCUT2D eigenvalue weighted by molar-refractivity contribution is -0.139. The van der Waals surface area contributed by atoms with Gasteiger partial charge in [0.25, 0.3) is 0 Å². The number of likely N-dealkylation sites (N-methyl/N-ethyl adjacent to an activating group) is 1. The molecule has 18 heavy (non-hydrogen) atoms. The molecule has 2 N–H and O–H groups in total. The van der Waals surface area contributed by atoms with Gasteiger partial charge >= 0.3 is 5.97 Å². The van der Waals surface area contributed by atoms with E-state index in [0.29, 0.717) is 6.42 Å². The highest BCUT2D eigenvalue weighted by molar-refractivity contribution is 5.73. The van der Waals surface area contributed by atoms with Crippen molar-refractivity contribution in [1.29, 1.82) is 0 Å². The van der Waals surface area contributed by atoms with Crippen molar-refractivity contribution >= 4 is 5.97 Å². The van der Waals surface area contributed by atoms with Crippen LogP contribution in [0.25, 0.3) is 0 Å². The van der Waals surface area contributed by atoms with Gasteiger partial charge in [0.1, 0.15) is 17.4 Å². The molecule has 1 unspecified atom stereocenters. The fourth-order valence-electron chi connectivity index (χ4n) is 1.60. The van der Waals surface area contributed by atoms with Crippen molar-refractivity contribution in [2.24, 2.45) is 0 Å². The number of carbonyl (C=O) groups is 1. The normalized spacial score (nSPS) is 13.1. The fraction of sp³-hybridized carbons (Fsp3) is 0.500. The van der Waals surface area contributed by atoms with Crippen molar-refractivity contribution in [3.05, 3.63) is 29.8 Å². The van der Waals surface area contributed by atoms with E-state index < -0.39 is 12.0 Å². The van der Waals surface area contributed by atoms with Crippen molar-refractivity contribution in [2.45, 2.75) is 38.8 Å². The molecule has 0 radical (unpaired) electrons. The Bertz CT molecular complexity index is 392. The van der Waals surface area contributed by atoms with E-state index in [9.17, 15) is 4.79 Å². The van der Waals surface area contributed by atoms with Crippen LogP contribution in [0.15, 0.2) is 24.3 Å². The molecular weight excluding hydrogens is 230 g/mol. The largest absolute Gasteiger partial charge is 0.488 e. The standard InChI is InChI=1S/C14H21NO3/c1-14(2,3)18-11-7-5-10(6-8-11)9-12(15-4)13(16)17/h5-8,12,15H,9H2,1-4H3,(H,16,17). The fourth-order valence-corrected chi connectivity index (χ4v) is 1.60. The molecule has 4 nitrogen and oxygen atoms in total. The summed E-state index contributed by atoms with van der Waals surface area (Å²) < 4.78 is 5.70. The van der Waals surface area contributed by atoms with Crippen molar-refractivity contribution in [1.82, 2.24) is 5.32 Å². The van der Waals surface area contributed by atoms with Crippen LogP contribution in [0.2, 0.25) is 0 Å². The van der Waals surface area contributed by atoms with Gasteiger partial charge in [-0.25, -0.2) is 0 Å². The molecule has 1 atom stereocenters. The lowest BCUT2D eigenvalue weighted by Crippen LogP contribution is -2.35. The molecule has 0 spiro atoms. The van der Waals surface area contributed by atoms with Crippen LogP contribution in [0, 0.1) is 0 Å². The Labute approximate surface area is 108 Å². The first-order valence-electron chi connectivity index (χ1n) is 6.00. The summed E-state index contributed by atoms with van der Waals surface area (Å²) in [7, 11) is 1.65. The Morgan fingerprint density at radius 2 is 1.89 bits per heavy atom. The SMILES string of the molecule is CNC(Cc1ccc(OC(C)(C)C)cc1)C(=O)O. The molecule has 0 aliphatic heterocycles. The third-order valence-electron chi connectivity index (χ3n) is 2.43. The Morgan fingerprint density at radius 3 is 2.28 bits per heavy atom. The highest BCUT2D eigenvalue weighted by atomic mass is 16.5. The summed E-state index contributed by atoms with van der Waals surface area (Å²) in [5.74, 6) is -0.0462. The highest BCUT2D eigenvalue weighted by Gasteiger charge is 2.16. The van der Waals surface area contributed by atoms with Crippen molar-refractivity contribution in [2.75, 3.05) is 7.05 Å². The second kappa shape index (κ2) is 5.87. The lowest BCUT2D eigenvalue weighted by Gasteiger charge is -2.21. The van der Waals surface area contributed by atoms with E-state index in [-0.39, 0.29) is 5.60 Å². The Morgan fingerprint density at radius 1 is 1.33 bits per heavy atom. The van der Waals surface area contributed by atoms with Gasteiger partial charge in [0, 0.05) is 0 Å². The Hall–Kier alpha value is -1.55. The van der Waals surface area contributed by atoms with Crippen LogP contribution >= 0.6 is 0 Å². The molecule has 0 saturated carbocycles. The minimum Gasteiger partial charge on any atom is -0.488 e. The number of rotatable bonds is 5. The zero-order valence-electron chi connectivity index (χ0n) is 11.4. The number of hydrogen-bond donors (Lipinski definition) is 2. The number of carboxylic acid groups (broad SMARTS) is 1. The molecule has 0 bridgehead atoms. The number of aliphatic carboxylic acids is 1. The second-order valence-corrected chi connectivity index (χ2v) is 5.24. The Kier molecular flexibility index (Phi) is 4.73. The maximum atomic E-state index is 10.9. The maximum absolute atomic E-state index is 10.9. The number of hydrogen-bond acceptors (Lipinski definition) is 3. The summed E-state index contributed by atoms with van der Waals surface area (Å²) in [6.45, 7) is 5.97. The number of carboxylic acids is 1. The number of nitrogens with one attached hydrogen (secondary N) is 1. The second-order valence-electron chi connectivity index (χ2n) is 5.24. The van der Waals surface area contributed by atoms with Crippen LogP contribution in [0.3, 0.4) is 0 Å². The zero-order chi connectivity index (χ0) is 13.8. The first kappa shape index (κ1) is 14.5. The van der Waals surface area contributed by atoms with E-state index in [1.54, 1.807) is 7.05 Å². The van der Waals surface area contributed by atoms with E-state index in [1.807, 2.05) is 45.0 Å². The molecule has 0 fully saturated rings. The van der Waals surface area contributed by atoms with Gasteiger partial charge in [-0.1, -0.05) is 12.1 Å². The summed E-state index contributed by atoms with van der Waals surface area (Å²) in [6, 6.07) is 6.98. The molecular formula is C14H21NO3. The average molecular weight is 251 g/mol. The summed E-state index contributed by atoms with van der Waals surface area (Å²) >= 11 is 0. The predicted molar refractivity (Wildman–Crippen MR) is 71.0 cm³/mol. The summed E-state index contributed by atoms with van der Waals surface area (Å²) in [4.78, 5) is 10.9. The van der Waals surface area contributed by atoms with Crippen LogP contribution in [0.1, 0.15) is 26.3 Å². The van der Waals surface area contributed by atoms with E-state index >= 15 is 0 Å². The molecule has 0 aromatic heterocycles. The molecule has 4 heteroatoms. The van der Waals surface area contributed by atoms with Gasteiger partial charge in [-0.2, -0.15) is 0 Å². The summed E-state index contributed by atoms with van der Waals surface area (Å²) in [5.41, 5.74) is 0.744. The smallest absolute Gasteiger partial charge is 0.321 e. The van der Waals surface area contributed by atoms with Crippen LogP contribution in [-0.4, -0.2) is 29.8 Å². The number of benzene rings is 1. The van der Waals surface area contributed by atoms with E-state index in [4.69, 9.17) is 9.84 Å². The maximum Gasteiger partial charge on any atom is 0.321 e. The van der Waals surface area contributed by atoms with Gasteiger partial charge in [0.05, 0.1) is 0 Å². The third kappa shape index (κ3) is 4.75. The Balaban J connectivity index is 2.68. The van der Waals surface area contributed by atoms with Gasteiger partial charge in [-0.05, 0) is 51.9 Å². The molecule has 0 heterocycles. The predicted octanol–water partition coefficient (Wildman–Crippen LogP) is 2.08. The molecule has 1 aromatic carbocycles. The first-order valence-corrected chi connectivity index (χ1v) is 6.00.